The molecule has 2 aromatic rings. The molecule has 92 valence electrons. The van der Waals surface area contributed by atoms with Crippen LogP contribution in [0.25, 0.3) is 11.3 Å². The number of benzene rings is 1. The molecule has 1 N–H and O–H groups in total. The van der Waals surface area contributed by atoms with Gasteiger partial charge in [0.2, 0.25) is 5.82 Å². The third kappa shape index (κ3) is 2.14. The van der Waals surface area contributed by atoms with Crippen LogP contribution in [0.1, 0.15) is 10.6 Å². The predicted molar refractivity (Wildman–Crippen MR) is 59.4 cm³/mol. The first kappa shape index (κ1) is 12.4. The van der Waals surface area contributed by atoms with Crippen molar-refractivity contribution in [2.75, 3.05) is 0 Å². The highest BCUT2D eigenvalue weighted by Gasteiger charge is 2.17. The number of carboxylic acid groups (broad SMARTS) is 1. The minimum absolute atomic E-state index is 0.0653. The lowest BCUT2D eigenvalue weighted by molar-refractivity contribution is 0.0683. The van der Waals surface area contributed by atoms with Gasteiger partial charge in [0, 0.05) is 5.56 Å². The second-order valence-corrected chi connectivity index (χ2v) is 3.70. The quantitative estimate of drug-likeness (QED) is 0.911. The van der Waals surface area contributed by atoms with Crippen LogP contribution in [-0.4, -0.2) is 21.0 Å². The third-order valence-corrected chi connectivity index (χ3v) is 2.42. The Morgan fingerprint density at radius 2 is 2.06 bits per heavy atom. The zero-order valence-corrected chi connectivity index (χ0v) is 9.45. The Kier molecular flexibility index (Phi) is 3.20. The standard InChI is InChI=1S/C11H5ClF2N2O2/c12-6-4-15-10(11(17)18)16-9(6)5-2-1-3-7(13)8(5)14/h1-4H,(H,17,18). The van der Waals surface area contributed by atoms with E-state index < -0.39 is 23.4 Å². The first-order chi connectivity index (χ1) is 8.50. The Balaban J connectivity index is 2.66. The van der Waals surface area contributed by atoms with Gasteiger partial charge >= 0.3 is 5.97 Å². The van der Waals surface area contributed by atoms with Crippen molar-refractivity contribution in [1.82, 2.24) is 9.97 Å². The monoisotopic (exact) mass is 270 g/mol. The summed E-state index contributed by atoms with van der Waals surface area (Å²) >= 11 is 5.75. The number of halogens is 3. The van der Waals surface area contributed by atoms with E-state index in [9.17, 15) is 13.6 Å². The van der Waals surface area contributed by atoms with Gasteiger partial charge in [0.15, 0.2) is 11.6 Å². The van der Waals surface area contributed by atoms with Crippen LogP contribution in [0, 0.1) is 11.6 Å². The fourth-order valence-corrected chi connectivity index (χ4v) is 1.54. The predicted octanol–water partition coefficient (Wildman–Crippen LogP) is 2.77. The largest absolute Gasteiger partial charge is 0.475 e. The zero-order chi connectivity index (χ0) is 13.3. The van der Waals surface area contributed by atoms with E-state index in [-0.39, 0.29) is 16.3 Å². The molecule has 0 saturated carbocycles. The van der Waals surface area contributed by atoms with Crippen molar-refractivity contribution < 1.29 is 18.7 Å². The highest BCUT2D eigenvalue weighted by Crippen LogP contribution is 2.28. The Bertz CT molecular complexity index is 634. The minimum Gasteiger partial charge on any atom is -0.475 e. The Morgan fingerprint density at radius 1 is 1.33 bits per heavy atom. The van der Waals surface area contributed by atoms with E-state index in [1.807, 2.05) is 0 Å². The van der Waals surface area contributed by atoms with Crippen molar-refractivity contribution in [1.29, 1.82) is 0 Å². The molecule has 0 spiro atoms. The van der Waals surface area contributed by atoms with Gasteiger partial charge in [-0.15, -0.1) is 0 Å². The molecule has 7 heteroatoms. The molecule has 0 aliphatic rings. The van der Waals surface area contributed by atoms with E-state index in [2.05, 4.69) is 9.97 Å². The lowest BCUT2D eigenvalue weighted by Crippen LogP contribution is -2.05. The molecule has 0 aliphatic carbocycles. The van der Waals surface area contributed by atoms with Crippen LogP contribution in [-0.2, 0) is 0 Å². The topological polar surface area (TPSA) is 63.1 Å². The third-order valence-electron chi connectivity index (χ3n) is 2.14. The number of nitrogens with zero attached hydrogens (tertiary/aromatic N) is 2. The van der Waals surface area contributed by atoms with E-state index in [4.69, 9.17) is 16.7 Å². The minimum atomic E-state index is -1.38. The first-order valence-electron chi connectivity index (χ1n) is 4.71. The Morgan fingerprint density at radius 3 is 2.72 bits per heavy atom. The van der Waals surface area contributed by atoms with Gasteiger partial charge in [-0.25, -0.2) is 23.5 Å². The number of aromatic carboxylic acids is 1. The van der Waals surface area contributed by atoms with Gasteiger partial charge in [-0.2, -0.15) is 0 Å². The summed E-state index contributed by atoms with van der Waals surface area (Å²) in [6.45, 7) is 0. The molecular weight excluding hydrogens is 266 g/mol. The van der Waals surface area contributed by atoms with Crippen molar-refractivity contribution in [3.8, 4) is 11.3 Å². The molecule has 18 heavy (non-hydrogen) atoms. The molecule has 0 atom stereocenters. The van der Waals surface area contributed by atoms with Crippen molar-refractivity contribution in [3.63, 3.8) is 0 Å². The molecule has 2 rings (SSSR count). The number of hydrogen-bond donors (Lipinski definition) is 1. The maximum absolute atomic E-state index is 13.6. The molecule has 0 radical (unpaired) electrons. The average molecular weight is 271 g/mol. The van der Waals surface area contributed by atoms with Crippen LogP contribution in [0.3, 0.4) is 0 Å². The van der Waals surface area contributed by atoms with Crippen LogP contribution in [0.5, 0.6) is 0 Å². The molecule has 0 fully saturated rings. The summed E-state index contributed by atoms with van der Waals surface area (Å²) < 4.78 is 26.6. The molecule has 1 heterocycles. The maximum atomic E-state index is 13.6. The number of carboxylic acids is 1. The number of hydrogen-bond acceptors (Lipinski definition) is 3. The second kappa shape index (κ2) is 4.66. The lowest BCUT2D eigenvalue weighted by Gasteiger charge is -2.05. The normalized spacial score (nSPS) is 10.4. The highest BCUT2D eigenvalue weighted by atomic mass is 35.5. The van der Waals surface area contributed by atoms with E-state index >= 15 is 0 Å². The number of rotatable bonds is 2. The zero-order valence-electron chi connectivity index (χ0n) is 8.69. The van der Waals surface area contributed by atoms with Crippen LogP contribution in [0.2, 0.25) is 5.02 Å². The van der Waals surface area contributed by atoms with Gasteiger partial charge in [0.25, 0.3) is 0 Å². The van der Waals surface area contributed by atoms with Crippen LogP contribution >= 0.6 is 11.6 Å². The number of aromatic nitrogens is 2. The van der Waals surface area contributed by atoms with E-state index in [1.165, 1.54) is 12.1 Å². The maximum Gasteiger partial charge on any atom is 0.373 e. The van der Waals surface area contributed by atoms with E-state index in [1.54, 1.807) is 0 Å². The average Bonchev–Trinajstić information content (AvgIpc) is 2.33. The molecule has 1 aromatic carbocycles. The van der Waals surface area contributed by atoms with Crippen LogP contribution in [0.15, 0.2) is 24.4 Å². The second-order valence-electron chi connectivity index (χ2n) is 3.30. The van der Waals surface area contributed by atoms with Crippen molar-refractivity contribution in [2.24, 2.45) is 0 Å². The Hall–Kier alpha value is -2.08. The summed E-state index contributed by atoms with van der Waals surface area (Å²) in [5.41, 5.74) is -0.383. The van der Waals surface area contributed by atoms with Crippen molar-refractivity contribution in [2.45, 2.75) is 0 Å². The SMILES string of the molecule is O=C(O)c1ncc(Cl)c(-c2cccc(F)c2F)n1. The molecule has 0 unspecified atom stereocenters. The number of carbonyl (C=O) groups is 1. The molecule has 1 aromatic heterocycles. The molecule has 0 bridgehead atoms. The van der Waals surface area contributed by atoms with Gasteiger partial charge in [-0.3, -0.25) is 0 Å². The lowest BCUT2D eigenvalue weighted by atomic mass is 10.1. The fraction of sp³-hybridized carbons (Fsp3) is 0. The summed E-state index contributed by atoms with van der Waals surface area (Å²) in [4.78, 5) is 17.8. The smallest absolute Gasteiger partial charge is 0.373 e. The van der Waals surface area contributed by atoms with Crippen LogP contribution in [0.4, 0.5) is 8.78 Å². The van der Waals surface area contributed by atoms with Crippen LogP contribution < -0.4 is 0 Å². The fourth-order valence-electron chi connectivity index (χ4n) is 1.35. The molecule has 4 nitrogen and oxygen atoms in total. The first-order valence-corrected chi connectivity index (χ1v) is 5.08. The van der Waals surface area contributed by atoms with Gasteiger partial charge in [0.05, 0.1) is 16.9 Å². The molecule has 0 aliphatic heterocycles. The van der Waals surface area contributed by atoms with Gasteiger partial charge in [-0.05, 0) is 12.1 Å². The summed E-state index contributed by atoms with van der Waals surface area (Å²) in [7, 11) is 0. The van der Waals surface area contributed by atoms with Gasteiger partial charge < -0.3 is 5.11 Å². The molecular formula is C11H5ClF2N2O2. The Labute approximate surface area is 105 Å². The summed E-state index contributed by atoms with van der Waals surface area (Å²) in [5.74, 6) is -4.14. The highest BCUT2D eigenvalue weighted by molar-refractivity contribution is 6.32. The summed E-state index contributed by atoms with van der Waals surface area (Å²) in [5, 5.41) is 8.67. The molecule has 0 amide bonds. The van der Waals surface area contributed by atoms with E-state index in [0.717, 1.165) is 12.3 Å². The summed E-state index contributed by atoms with van der Waals surface area (Å²) in [6.07, 6.45) is 1.03. The van der Waals surface area contributed by atoms with Crippen molar-refractivity contribution >= 4 is 17.6 Å². The van der Waals surface area contributed by atoms with E-state index in [0.29, 0.717) is 0 Å². The van der Waals surface area contributed by atoms with Gasteiger partial charge in [-0.1, -0.05) is 17.7 Å². The molecule has 0 saturated heterocycles. The van der Waals surface area contributed by atoms with Crippen molar-refractivity contribution in [3.05, 3.63) is 46.9 Å². The van der Waals surface area contributed by atoms with Gasteiger partial charge in [0.1, 0.15) is 0 Å². The summed E-state index contributed by atoms with van der Waals surface area (Å²) in [6, 6.07) is 3.46.